The van der Waals surface area contributed by atoms with Crippen LogP contribution in [0.1, 0.15) is 46.1 Å². The first-order chi connectivity index (χ1) is 16.9. The van der Waals surface area contributed by atoms with Gasteiger partial charge in [-0.05, 0) is 42.3 Å². The van der Waals surface area contributed by atoms with E-state index in [1.54, 1.807) is 36.4 Å². The Bertz CT molecular complexity index is 1510. The number of aromatic nitrogens is 2. The van der Waals surface area contributed by atoms with Crippen molar-refractivity contribution >= 4 is 50.9 Å². The minimum atomic E-state index is -0.801. The number of amides is 2. The Labute approximate surface area is 208 Å². The number of rotatable bonds is 7. The van der Waals surface area contributed by atoms with E-state index in [9.17, 15) is 14.4 Å². The lowest BCUT2D eigenvalue weighted by Crippen LogP contribution is -2.29. The van der Waals surface area contributed by atoms with Gasteiger partial charge in [0.2, 0.25) is 10.9 Å². The smallest absolute Gasteiger partial charge is 0.297 e. The number of hydrogen-bond acceptors (Lipinski definition) is 8. The highest BCUT2D eigenvalue weighted by Gasteiger charge is 2.45. The maximum absolute atomic E-state index is 13.6. The van der Waals surface area contributed by atoms with E-state index in [0.717, 1.165) is 17.8 Å². The van der Waals surface area contributed by atoms with Gasteiger partial charge in [0, 0.05) is 11.4 Å². The van der Waals surface area contributed by atoms with E-state index in [1.165, 1.54) is 22.3 Å². The lowest BCUT2D eigenvalue weighted by Gasteiger charge is -2.22. The van der Waals surface area contributed by atoms with Gasteiger partial charge in [-0.3, -0.25) is 19.3 Å². The molecule has 0 saturated carbocycles. The standard InChI is InChI=1S/C24H19ClN4O5S/c1-2-3-18-27-28-24(35-18)29-20(12-4-7-14(8-5-12)33-11-17(26)30)19-21(31)15-10-13(25)6-9-16(15)34-22(19)23(29)32/h4-10,20H,2-3,11H2,1H3,(H2,26,30)/t20-/m1/s1. The molecule has 0 unspecified atom stereocenters. The van der Waals surface area contributed by atoms with Gasteiger partial charge in [-0.1, -0.05) is 42.0 Å². The van der Waals surface area contributed by atoms with Gasteiger partial charge in [-0.2, -0.15) is 0 Å². The van der Waals surface area contributed by atoms with Crippen molar-refractivity contribution < 1.29 is 18.7 Å². The molecule has 11 heteroatoms. The highest BCUT2D eigenvalue weighted by molar-refractivity contribution is 7.15. The van der Waals surface area contributed by atoms with Gasteiger partial charge in [-0.25, -0.2) is 0 Å². The number of carbonyl (C=O) groups excluding carboxylic acids is 2. The van der Waals surface area contributed by atoms with E-state index in [-0.39, 0.29) is 34.3 Å². The summed E-state index contributed by atoms with van der Waals surface area (Å²) >= 11 is 7.43. The van der Waals surface area contributed by atoms with Gasteiger partial charge >= 0.3 is 0 Å². The number of carbonyl (C=O) groups is 2. The summed E-state index contributed by atoms with van der Waals surface area (Å²) in [6.07, 6.45) is 1.61. The van der Waals surface area contributed by atoms with Gasteiger partial charge in [-0.15, -0.1) is 10.2 Å². The number of fused-ring (bicyclic) bond motifs is 2. The van der Waals surface area contributed by atoms with Crippen LogP contribution in [0.3, 0.4) is 0 Å². The van der Waals surface area contributed by atoms with Gasteiger partial charge in [0.1, 0.15) is 16.3 Å². The van der Waals surface area contributed by atoms with E-state index in [2.05, 4.69) is 10.2 Å². The Kier molecular flexibility index (Phi) is 6.00. The van der Waals surface area contributed by atoms with E-state index in [1.807, 2.05) is 6.92 Å². The van der Waals surface area contributed by atoms with Crippen molar-refractivity contribution in [1.82, 2.24) is 10.2 Å². The monoisotopic (exact) mass is 510 g/mol. The van der Waals surface area contributed by atoms with Gasteiger partial charge in [0.25, 0.3) is 11.8 Å². The topological polar surface area (TPSA) is 129 Å². The van der Waals surface area contributed by atoms with Crippen molar-refractivity contribution in [3.8, 4) is 5.75 Å². The molecule has 4 aromatic rings. The van der Waals surface area contributed by atoms with Crippen LogP contribution in [-0.4, -0.2) is 28.6 Å². The molecule has 35 heavy (non-hydrogen) atoms. The Hall–Kier alpha value is -3.76. The minimum absolute atomic E-state index is 0.0453. The number of ether oxygens (including phenoxy) is 1. The number of anilines is 1. The second kappa shape index (κ2) is 9.12. The summed E-state index contributed by atoms with van der Waals surface area (Å²) < 4.78 is 11.3. The summed E-state index contributed by atoms with van der Waals surface area (Å²) in [6, 6.07) is 10.6. The molecule has 0 spiro atoms. The Morgan fingerprint density at radius 2 is 1.97 bits per heavy atom. The molecule has 0 bridgehead atoms. The van der Waals surface area contributed by atoms with Crippen LogP contribution in [0.25, 0.3) is 11.0 Å². The van der Waals surface area contributed by atoms with Gasteiger partial charge in [0.05, 0.1) is 17.0 Å². The maximum atomic E-state index is 13.6. The number of halogens is 1. The van der Waals surface area contributed by atoms with Crippen molar-refractivity contribution in [2.45, 2.75) is 25.8 Å². The molecule has 5 rings (SSSR count). The third kappa shape index (κ3) is 4.15. The van der Waals surface area contributed by atoms with E-state index in [0.29, 0.717) is 21.5 Å². The SMILES string of the molecule is CCCc1nnc(N2C(=O)c3oc4ccc(Cl)cc4c(=O)c3[C@H]2c2ccc(OCC(N)=O)cc2)s1. The van der Waals surface area contributed by atoms with Crippen LogP contribution in [-0.2, 0) is 11.2 Å². The van der Waals surface area contributed by atoms with Crippen LogP contribution in [0.15, 0.2) is 51.7 Å². The fourth-order valence-electron chi connectivity index (χ4n) is 4.02. The number of benzene rings is 2. The number of hydrogen-bond donors (Lipinski definition) is 1. The maximum Gasteiger partial charge on any atom is 0.297 e. The average Bonchev–Trinajstić information content (AvgIpc) is 3.41. The van der Waals surface area contributed by atoms with Crippen LogP contribution in [0.5, 0.6) is 5.75 Å². The second-order valence-corrected chi connectivity index (χ2v) is 9.42. The predicted octanol–water partition coefficient (Wildman–Crippen LogP) is 3.86. The van der Waals surface area contributed by atoms with Crippen LogP contribution >= 0.6 is 22.9 Å². The minimum Gasteiger partial charge on any atom is -0.484 e. The lowest BCUT2D eigenvalue weighted by atomic mass is 9.98. The predicted molar refractivity (Wildman–Crippen MR) is 131 cm³/mol. The zero-order valence-corrected chi connectivity index (χ0v) is 20.1. The highest BCUT2D eigenvalue weighted by Crippen LogP contribution is 2.42. The summed E-state index contributed by atoms with van der Waals surface area (Å²) in [5.74, 6) is -0.705. The van der Waals surface area contributed by atoms with Crippen LogP contribution in [0.2, 0.25) is 5.02 Å². The zero-order chi connectivity index (χ0) is 24.7. The van der Waals surface area contributed by atoms with E-state index in [4.69, 9.17) is 26.5 Å². The molecule has 2 aromatic heterocycles. The highest BCUT2D eigenvalue weighted by atomic mass is 35.5. The lowest BCUT2D eigenvalue weighted by molar-refractivity contribution is -0.119. The molecule has 2 amide bonds. The first-order valence-corrected chi connectivity index (χ1v) is 12.0. The summed E-state index contributed by atoms with van der Waals surface area (Å²) in [5.41, 5.74) is 5.89. The summed E-state index contributed by atoms with van der Waals surface area (Å²) in [4.78, 5) is 39.7. The summed E-state index contributed by atoms with van der Waals surface area (Å²) in [5, 5.41) is 10.3. The first-order valence-electron chi connectivity index (χ1n) is 10.8. The van der Waals surface area contributed by atoms with Gasteiger partial charge < -0.3 is 14.9 Å². The number of nitrogens with two attached hydrogens (primary N) is 1. The van der Waals surface area contributed by atoms with Crippen molar-refractivity contribution in [2.24, 2.45) is 5.73 Å². The molecule has 0 fully saturated rings. The fourth-order valence-corrected chi connectivity index (χ4v) is 5.15. The Morgan fingerprint density at radius 1 is 1.20 bits per heavy atom. The first kappa shape index (κ1) is 23.0. The number of aryl methyl sites for hydroxylation is 1. The van der Waals surface area contributed by atoms with Crippen molar-refractivity contribution in [2.75, 3.05) is 11.5 Å². The van der Waals surface area contributed by atoms with Gasteiger partial charge in [0.15, 0.2) is 12.0 Å². The van der Waals surface area contributed by atoms with Crippen LogP contribution < -0.4 is 20.8 Å². The zero-order valence-electron chi connectivity index (χ0n) is 18.5. The normalized spacial score (nSPS) is 15.0. The molecule has 3 heterocycles. The molecule has 0 radical (unpaired) electrons. The van der Waals surface area contributed by atoms with Crippen molar-refractivity contribution in [3.05, 3.63) is 79.6 Å². The average molecular weight is 511 g/mol. The molecular formula is C24H19ClN4O5S. The molecular weight excluding hydrogens is 492 g/mol. The Morgan fingerprint density at radius 3 is 2.69 bits per heavy atom. The fraction of sp³-hybridized carbons (Fsp3) is 0.208. The van der Waals surface area contributed by atoms with Crippen molar-refractivity contribution in [3.63, 3.8) is 0 Å². The molecule has 0 saturated heterocycles. The largest absolute Gasteiger partial charge is 0.484 e. The number of nitrogens with zero attached hydrogens (tertiary/aromatic N) is 3. The third-order valence-corrected chi connectivity index (χ3v) is 6.75. The van der Waals surface area contributed by atoms with Crippen LogP contribution in [0, 0.1) is 0 Å². The van der Waals surface area contributed by atoms with E-state index < -0.39 is 17.9 Å². The molecule has 1 atom stereocenters. The molecule has 2 aromatic carbocycles. The van der Waals surface area contributed by atoms with Crippen molar-refractivity contribution in [1.29, 1.82) is 0 Å². The summed E-state index contributed by atoms with van der Waals surface area (Å²) in [7, 11) is 0. The molecule has 2 N–H and O–H groups in total. The molecule has 1 aliphatic heterocycles. The summed E-state index contributed by atoms with van der Waals surface area (Å²) in [6.45, 7) is 1.76. The quantitative estimate of drug-likeness (QED) is 0.399. The van der Waals surface area contributed by atoms with E-state index >= 15 is 0 Å². The number of primary amides is 1. The molecule has 0 aliphatic carbocycles. The second-order valence-electron chi connectivity index (χ2n) is 7.94. The molecule has 178 valence electrons. The Balaban J connectivity index is 1.67. The molecule has 9 nitrogen and oxygen atoms in total. The molecule has 1 aliphatic rings. The van der Waals surface area contributed by atoms with Crippen LogP contribution in [0.4, 0.5) is 5.13 Å². The third-order valence-electron chi connectivity index (χ3n) is 5.54.